The van der Waals surface area contributed by atoms with Crippen molar-refractivity contribution in [3.05, 3.63) is 94.5 Å². The Kier molecular flexibility index (Phi) is 5.05. The predicted molar refractivity (Wildman–Crippen MR) is 109 cm³/mol. The first-order chi connectivity index (χ1) is 13.2. The van der Waals surface area contributed by atoms with Gasteiger partial charge in [-0.05, 0) is 47.3 Å². The average molecular weight is 394 g/mol. The highest BCUT2D eigenvalue weighted by Gasteiger charge is 2.18. The van der Waals surface area contributed by atoms with Crippen molar-refractivity contribution in [1.29, 1.82) is 0 Å². The van der Waals surface area contributed by atoms with Gasteiger partial charge in [-0.2, -0.15) is 5.10 Å². The topological polar surface area (TPSA) is 46.9 Å². The van der Waals surface area contributed by atoms with Gasteiger partial charge in [0, 0.05) is 11.6 Å². The van der Waals surface area contributed by atoms with Crippen LogP contribution in [0.5, 0.6) is 0 Å². The molecule has 0 atom stereocenters. The zero-order valence-electron chi connectivity index (χ0n) is 14.3. The molecule has 6 heteroatoms. The number of thiophene rings is 1. The molecular formula is C21H16ClN3OS. The summed E-state index contributed by atoms with van der Waals surface area (Å²) in [5, 5.41) is 10.3. The fourth-order valence-electron chi connectivity index (χ4n) is 2.74. The molecule has 0 spiro atoms. The van der Waals surface area contributed by atoms with Crippen molar-refractivity contribution in [3.63, 3.8) is 0 Å². The number of carbonyl (C=O) groups is 1. The zero-order chi connectivity index (χ0) is 18.6. The Hall–Kier alpha value is -2.89. The maximum Gasteiger partial charge on any atom is 0.270 e. The normalized spacial score (nSPS) is 10.7. The summed E-state index contributed by atoms with van der Waals surface area (Å²) in [5.41, 5.74) is 3.08. The number of rotatable bonds is 5. The van der Waals surface area contributed by atoms with Crippen LogP contribution in [0.4, 0.5) is 0 Å². The third-order valence-corrected chi connectivity index (χ3v) is 5.23. The van der Waals surface area contributed by atoms with Crippen LogP contribution in [-0.4, -0.2) is 15.7 Å². The van der Waals surface area contributed by atoms with Crippen molar-refractivity contribution in [1.82, 2.24) is 15.1 Å². The lowest BCUT2D eigenvalue weighted by molar-refractivity contribution is 0.0943. The number of carbonyl (C=O) groups excluding carboxylic acids is 1. The molecule has 4 nitrogen and oxygen atoms in total. The fraction of sp³-hybridized carbons (Fsp3) is 0.0476. The van der Waals surface area contributed by atoms with Crippen LogP contribution in [0.1, 0.15) is 16.1 Å². The molecule has 0 bridgehead atoms. The molecule has 2 aromatic carbocycles. The lowest BCUT2D eigenvalue weighted by Crippen LogP contribution is -2.25. The van der Waals surface area contributed by atoms with Gasteiger partial charge in [0.15, 0.2) is 0 Å². The van der Waals surface area contributed by atoms with E-state index in [9.17, 15) is 4.79 Å². The van der Waals surface area contributed by atoms with Crippen LogP contribution in [0.3, 0.4) is 0 Å². The molecule has 0 aliphatic rings. The standard InChI is InChI=1S/C21H16ClN3OS/c22-16-8-10-17(11-9-16)25-19(13-18(24-25)20-7-4-12-27-20)21(26)23-14-15-5-2-1-3-6-15/h1-13H,14H2,(H,23,26). The Morgan fingerprint density at radius 1 is 1.04 bits per heavy atom. The molecule has 2 heterocycles. The Bertz CT molecular complexity index is 1040. The van der Waals surface area contributed by atoms with Crippen LogP contribution in [0.15, 0.2) is 78.2 Å². The predicted octanol–water partition coefficient (Wildman–Crippen LogP) is 5.18. The molecule has 0 radical (unpaired) electrons. The Balaban J connectivity index is 1.67. The van der Waals surface area contributed by atoms with E-state index < -0.39 is 0 Å². The van der Waals surface area contributed by atoms with Crippen molar-refractivity contribution >= 4 is 28.8 Å². The molecule has 2 aromatic heterocycles. The van der Waals surface area contributed by atoms with Crippen LogP contribution < -0.4 is 5.32 Å². The van der Waals surface area contributed by atoms with Crippen LogP contribution in [0, 0.1) is 0 Å². The summed E-state index contributed by atoms with van der Waals surface area (Å²) < 4.78 is 1.66. The van der Waals surface area contributed by atoms with Gasteiger partial charge >= 0.3 is 0 Å². The molecule has 0 saturated heterocycles. The van der Waals surface area contributed by atoms with Crippen molar-refractivity contribution in [2.24, 2.45) is 0 Å². The van der Waals surface area contributed by atoms with Crippen molar-refractivity contribution in [2.45, 2.75) is 6.54 Å². The summed E-state index contributed by atoms with van der Waals surface area (Å²) in [4.78, 5) is 13.9. The van der Waals surface area contributed by atoms with E-state index in [2.05, 4.69) is 10.4 Å². The number of benzene rings is 2. The molecular weight excluding hydrogens is 378 g/mol. The van der Waals surface area contributed by atoms with Gasteiger partial charge in [-0.1, -0.05) is 48.0 Å². The van der Waals surface area contributed by atoms with Gasteiger partial charge in [0.05, 0.1) is 10.6 Å². The van der Waals surface area contributed by atoms with Crippen molar-refractivity contribution in [2.75, 3.05) is 0 Å². The van der Waals surface area contributed by atoms with E-state index in [1.54, 1.807) is 28.2 Å². The molecule has 1 amide bonds. The van der Waals surface area contributed by atoms with Crippen molar-refractivity contribution < 1.29 is 4.79 Å². The van der Waals surface area contributed by atoms with Crippen LogP contribution in [0.2, 0.25) is 5.02 Å². The van der Waals surface area contributed by atoms with Crippen LogP contribution >= 0.6 is 22.9 Å². The quantitative estimate of drug-likeness (QED) is 0.507. The van der Waals surface area contributed by atoms with E-state index in [0.717, 1.165) is 21.8 Å². The maximum atomic E-state index is 12.9. The maximum absolute atomic E-state index is 12.9. The summed E-state index contributed by atoms with van der Waals surface area (Å²) in [6, 6.07) is 22.9. The number of nitrogens with zero attached hydrogens (tertiary/aromatic N) is 2. The minimum Gasteiger partial charge on any atom is -0.347 e. The highest BCUT2D eigenvalue weighted by atomic mass is 35.5. The third-order valence-electron chi connectivity index (χ3n) is 4.08. The largest absolute Gasteiger partial charge is 0.347 e. The first-order valence-electron chi connectivity index (χ1n) is 8.43. The fourth-order valence-corrected chi connectivity index (χ4v) is 3.54. The van der Waals surface area contributed by atoms with Gasteiger partial charge in [0.25, 0.3) is 5.91 Å². The molecule has 0 saturated carbocycles. The Labute approximate surface area is 166 Å². The summed E-state index contributed by atoms with van der Waals surface area (Å²) >= 11 is 7.59. The molecule has 4 aromatic rings. The van der Waals surface area contributed by atoms with E-state index in [0.29, 0.717) is 17.3 Å². The second-order valence-electron chi connectivity index (χ2n) is 5.95. The molecule has 1 N–H and O–H groups in total. The van der Waals surface area contributed by atoms with Crippen LogP contribution in [-0.2, 0) is 6.54 Å². The van der Waals surface area contributed by atoms with Gasteiger partial charge in [-0.15, -0.1) is 11.3 Å². The number of nitrogens with one attached hydrogen (secondary N) is 1. The van der Waals surface area contributed by atoms with Crippen molar-refractivity contribution in [3.8, 4) is 16.3 Å². The SMILES string of the molecule is O=C(NCc1ccccc1)c1cc(-c2cccs2)nn1-c1ccc(Cl)cc1. The number of hydrogen-bond donors (Lipinski definition) is 1. The summed E-state index contributed by atoms with van der Waals surface area (Å²) in [6.45, 7) is 0.458. The van der Waals surface area contributed by atoms with Gasteiger partial charge in [0.2, 0.25) is 0 Å². The second kappa shape index (κ2) is 7.78. The minimum atomic E-state index is -0.177. The van der Waals surface area contributed by atoms with Gasteiger partial charge in [-0.3, -0.25) is 4.79 Å². The Morgan fingerprint density at radius 3 is 2.52 bits per heavy atom. The highest BCUT2D eigenvalue weighted by Crippen LogP contribution is 2.26. The molecule has 134 valence electrons. The molecule has 0 aliphatic carbocycles. The monoisotopic (exact) mass is 393 g/mol. The van der Waals surface area contributed by atoms with E-state index in [4.69, 9.17) is 11.6 Å². The second-order valence-corrected chi connectivity index (χ2v) is 7.33. The molecule has 27 heavy (non-hydrogen) atoms. The lowest BCUT2D eigenvalue weighted by Gasteiger charge is -2.08. The van der Waals surface area contributed by atoms with E-state index in [-0.39, 0.29) is 5.91 Å². The van der Waals surface area contributed by atoms with Gasteiger partial charge < -0.3 is 5.32 Å². The highest BCUT2D eigenvalue weighted by molar-refractivity contribution is 7.13. The summed E-state index contributed by atoms with van der Waals surface area (Å²) in [6.07, 6.45) is 0. The Morgan fingerprint density at radius 2 is 1.81 bits per heavy atom. The third kappa shape index (κ3) is 3.94. The number of halogens is 1. The minimum absolute atomic E-state index is 0.177. The smallest absolute Gasteiger partial charge is 0.270 e. The van der Waals surface area contributed by atoms with E-state index >= 15 is 0 Å². The molecule has 0 fully saturated rings. The average Bonchev–Trinajstić information content (AvgIpc) is 3.37. The number of aromatic nitrogens is 2. The van der Waals surface area contributed by atoms with E-state index in [1.165, 1.54) is 0 Å². The molecule has 0 unspecified atom stereocenters. The first kappa shape index (κ1) is 17.5. The molecule has 4 rings (SSSR count). The van der Waals surface area contributed by atoms with E-state index in [1.807, 2.05) is 66.0 Å². The van der Waals surface area contributed by atoms with Crippen LogP contribution in [0.25, 0.3) is 16.3 Å². The van der Waals surface area contributed by atoms with Gasteiger partial charge in [-0.25, -0.2) is 4.68 Å². The number of hydrogen-bond acceptors (Lipinski definition) is 3. The first-order valence-corrected chi connectivity index (χ1v) is 9.68. The number of amides is 1. The van der Waals surface area contributed by atoms with Gasteiger partial charge in [0.1, 0.15) is 11.4 Å². The lowest BCUT2D eigenvalue weighted by atomic mass is 10.2. The summed E-state index contributed by atoms with van der Waals surface area (Å²) in [7, 11) is 0. The summed E-state index contributed by atoms with van der Waals surface area (Å²) in [5.74, 6) is -0.177. The zero-order valence-corrected chi connectivity index (χ0v) is 15.9. The molecule has 0 aliphatic heterocycles.